The number of piperazine rings is 1. The van der Waals surface area contributed by atoms with Crippen LogP contribution in [-0.4, -0.2) is 42.3 Å². The summed E-state index contributed by atoms with van der Waals surface area (Å²) in [6, 6.07) is 14.6. The molecule has 1 aliphatic rings. The molecule has 2 aromatic rings. The highest BCUT2D eigenvalue weighted by molar-refractivity contribution is 6.30. The smallest absolute Gasteiger partial charge is 0.278 e. The lowest BCUT2D eigenvalue weighted by atomic mass is 10.2. The van der Waals surface area contributed by atoms with E-state index < -0.39 is 0 Å². The molecule has 3 rings (SSSR count). The van der Waals surface area contributed by atoms with Crippen LogP contribution in [0, 0.1) is 10.1 Å². The molecule has 0 atom stereocenters. The third-order valence-electron chi connectivity index (χ3n) is 4.31. The Kier molecular flexibility index (Phi) is 5.63. The monoisotopic (exact) mass is 359 g/mol. The summed E-state index contributed by atoms with van der Waals surface area (Å²) in [7, 11) is 0. The summed E-state index contributed by atoms with van der Waals surface area (Å²) in [6.45, 7) is 4.60. The van der Waals surface area contributed by atoms with Gasteiger partial charge in [0.1, 0.15) is 6.54 Å². The van der Waals surface area contributed by atoms with E-state index in [0.29, 0.717) is 5.56 Å². The molecule has 0 amide bonds. The minimum absolute atomic E-state index is 0.0817. The van der Waals surface area contributed by atoms with Gasteiger partial charge in [-0.3, -0.25) is 15.1 Å². The summed E-state index contributed by atoms with van der Waals surface area (Å²) in [6.07, 6.45) is 1.59. The van der Waals surface area contributed by atoms with E-state index in [9.17, 15) is 10.1 Å². The van der Waals surface area contributed by atoms with Gasteiger partial charge in [-0.05, 0) is 18.2 Å². The van der Waals surface area contributed by atoms with Crippen molar-refractivity contribution >= 4 is 23.5 Å². The van der Waals surface area contributed by atoms with Crippen molar-refractivity contribution in [2.24, 2.45) is 5.10 Å². The van der Waals surface area contributed by atoms with Gasteiger partial charge < -0.3 is 4.90 Å². The zero-order chi connectivity index (χ0) is 17.6. The minimum atomic E-state index is -0.379. The van der Waals surface area contributed by atoms with Gasteiger partial charge in [0.05, 0.1) is 42.9 Å². The fourth-order valence-corrected chi connectivity index (χ4v) is 3.03. The molecule has 0 bridgehead atoms. The largest absolute Gasteiger partial charge is 0.328 e. The molecule has 0 radical (unpaired) electrons. The average molecular weight is 360 g/mol. The molecule has 0 aliphatic carbocycles. The van der Waals surface area contributed by atoms with Crippen LogP contribution >= 0.6 is 11.6 Å². The Labute approximate surface area is 151 Å². The number of halogens is 1. The van der Waals surface area contributed by atoms with Crippen LogP contribution in [0.3, 0.4) is 0 Å². The third-order valence-corrected chi connectivity index (χ3v) is 4.56. The van der Waals surface area contributed by atoms with Gasteiger partial charge in [-0.2, -0.15) is 5.10 Å². The van der Waals surface area contributed by atoms with E-state index in [1.54, 1.807) is 24.4 Å². The highest BCUT2D eigenvalue weighted by atomic mass is 35.5. The van der Waals surface area contributed by atoms with Gasteiger partial charge in [0.25, 0.3) is 5.69 Å². The van der Waals surface area contributed by atoms with Crippen molar-refractivity contribution in [2.75, 3.05) is 26.2 Å². The molecular weight excluding hydrogens is 340 g/mol. The van der Waals surface area contributed by atoms with Crippen LogP contribution in [0.15, 0.2) is 53.6 Å². The number of rotatable bonds is 5. The normalized spacial score (nSPS) is 15.6. The van der Waals surface area contributed by atoms with E-state index in [4.69, 9.17) is 11.6 Å². The molecule has 1 N–H and O–H groups in total. The molecule has 2 aromatic carbocycles. The van der Waals surface area contributed by atoms with Crippen LogP contribution in [0.4, 0.5) is 5.69 Å². The van der Waals surface area contributed by atoms with Crippen LogP contribution in [0.2, 0.25) is 5.02 Å². The number of para-hydroxylation sites is 1. The fraction of sp³-hybridized carbons (Fsp3) is 0.278. The second-order valence-electron chi connectivity index (χ2n) is 6.07. The van der Waals surface area contributed by atoms with Gasteiger partial charge >= 0.3 is 0 Å². The Morgan fingerprint density at radius 2 is 1.84 bits per heavy atom. The van der Waals surface area contributed by atoms with Gasteiger partial charge in [0.15, 0.2) is 0 Å². The summed E-state index contributed by atoms with van der Waals surface area (Å²) in [5.41, 5.74) is 1.89. The van der Waals surface area contributed by atoms with Crippen LogP contribution < -0.4 is 4.90 Å². The number of hydrogen-bond acceptors (Lipinski definition) is 4. The number of nitro groups is 1. The maximum Gasteiger partial charge on any atom is 0.278 e. The Morgan fingerprint density at radius 3 is 2.52 bits per heavy atom. The lowest BCUT2D eigenvalue weighted by Gasteiger charge is -2.30. The maximum absolute atomic E-state index is 11.0. The van der Waals surface area contributed by atoms with Crippen LogP contribution in [-0.2, 0) is 6.54 Å². The SMILES string of the molecule is O=[N+]([O-])c1ccccc1/C=N\N1CC[NH+](Cc2ccc(Cl)cc2)CC1. The first-order valence-electron chi connectivity index (χ1n) is 8.22. The summed E-state index contributed by atoms with van der Waals surface area (Å²) in [5.74, 6) is 0. The molecule has 0 aromatic heterocycles. The number of nitrogens with one attached hydrogen (secondary N) is 1. The van der Waals surface area contributed by atoms with E-state index in [2.05, 4.69) is 17.2 Å². The molecule has 0 spiro atoms. The summed E-state index contributed by atoms with van der Waals surface area (Å²) < 4.78 is 0. The molecule has 130 valence electrons. The molecular formula is C18H20ClN4O2+. The highest BCUT2D eigenvalue weighted by Crippen LogP contribution is 2.15. The van der Waals surface area contributed by atoms with Gasteiger partial charge in [0, 0.05) is 16.7 Å². The van der Waals surface area contributed by atoms with Crippen molar-refractivity contribution in [3.63, 3.8) is 0 Å². The molecule has 1 aliphatic heterocycles. The predicted molar refractivity (Wildman–Crippen MR) is 98.1 cm³/mol. The standard InChI is InChI=1S/C18H19ClN4O2/c19-17-7-5-15(6-8-17)14-21-9-11-22(12-10-21)20-13-16-3-1-2-4-18(16)23(24)25/h1-8,13H,9-12,14H2/p+1/b20-13-. The molecule has 1 heterocycles. The molecule has 25 heavy (non-hydrogen) atoms. The van der Waals surface area contributed by atoms with Crippen LogP contribution in [0.25, 0.3) is 0 Å². The first-order chi connectivity index (χ1) is 12.1. The van der Waals surface area contributed by atoms with Crippen molar-refractivity contribution in [3.8, 4) is 0 Å². The quantitative estimate of drug-likeness (QED) is 0.504. The molecule has 1 fully saturated rings. The lowest BCUT2D eigenvalue weighted by molar-refractivity contribution is -0.918. The predicted octanol–water partition coefficient (Wildman–Crippen LogP) is 1.98. The minimum Gasteiger partial charge on any atom is -0.328 e. The molecule has 7 heteroatoms. The van der Waals surface area contributed by atoms with Crippen molar-refractivity contribution < 1.29 is 9.82 Å². The highest BCUT2D eigenvalue weighted by Gasteiger charge is 2.19. The number of hydrazone groups is 1. The van der Waals surface area contributed by atoms with Crippen molar-refractivity contribution in [2.45, 2.75) is 6.54 Å². The average Bonchev–Trinajstić information content (AvgIpc) is 2.63. The third kappa shape index (κ3) is 4.78. The van der Waals surface area contributed by atoms with Crippen molar-refractivity contribution in [1.82, 2.24) is 5.01 Å². The number of benzene rings is 2. The number of hydrogen-bond donors (Lipinski definition) is 1. The topological polar surface area (TPSA) is 63.2 Å². The molecule has 6 nitrogen and oxygen atoms in total. The molecule has 0 unspecified atom stereocenters. The van der Waals surface area contributed by atoms with E-state index in [0.717, 1.165) is 37.7 Å². The first kappa shape index (κ1) is 17.4. The first-order valence-corrected chi connectivity index (χ1v) is 8.60. The Morgan fingerprint density at radius 1 is 1.16 bits per heavy atom. The zero-order valence-corrected chi connectivity index (χ0v) is 14.5. The van der Waals surface area contributed by atoms with Gasteiger partial charge in [-0.25, -0.2) is 0 Å². The second kappa shape index (κ2) is 8.09. The summed E-state index contributed by atoms with van der Waals surface area (Å²) in [5, 5.41) is 18.2. The number of nitro benzene ring substituents is 1. The summed E-state index contributed by atoms with van der Waals surface area (Å²) in [4.78, 5) is 12.1. The van der Waals surface area contributed by atoms with E-state index >= 15 is 0 Å². The molecule has 1 saturated heterocycles. The fourth-order valence-electron chi connectivity index (χ4n) is 2.90. The van der Waals surface area contributed by atoms with Crippen molar-refractivity contribution in [1.29, 1.82) is 0 Å². The van der Waals surface area contributed by atoms with Crippen LogP contribution in [0.5, 0.6) is 0 Å². The van der Waals surface area contributed by atoms with Crippen LogP contribution in [0.1, 0.15) is 11.1 Å². The summed E-state index contributed by atoms with van der Waals surface area (Å²) >= 11 is 5.92. The lowest BCUT2D eigenvalue weighted by Crippen LogP contribution is -3.13. The van der Waals surface area contributed by atoms with E-state index in [1.807, 2.05) is 17.1 Å². The second-order valence-corrected chi connectivity index (χ2v) is 6.50. The Bertz CT molecular complexity index is 756. The van der Waals surface area contributed by atoms with Gasteiger partial charge in [-0.15, -0.1) is 0 Å². The van der Waals surface area contributed by atoms with E-state index in [1.165, 1.54) is 16.5 Å². The van der Waals surface area contributed by atoms with Gasteiger partial charge in [0.2, 0.25) is 0 Å². The van der Waals surface area contributed by atoms with E-state index in [-0.39, 0.29) is 10.6 Å². The Hall–Kier alpha value is -2.44. The Balaban J connectivity index is 1.54. The van der Waals surface area contributed by atoms with Crippen molar-refractivity contribution in [3.05, 3.63) is 74.8 Å². The number of quaternary nitrogens is 1. The zero-order valence-electron chi connectivity index (χ0n) is 13.8. The number of nitrogens with zero attached hydrogens (tertiary/aromatic N) is 3. The maximum atomic E-state index is 11.0. The van der Waals surface area contributed by atoms with Gasteiger partial charge in [-0.1, -0.05) is 35.9 Å². The molecule has 0 saturated carbocycles.